The van der Waals surface area contributed by atoms with E-state index in [0.29, 0.717) is 5.56 Å². The fourth-order valence-electron chi connectivity index (χ4n) is 4.51. The van der Waals surface area contributed by atoms with Gasteiger partial charge in [0.05, 0.1) is 0 Å². The molecule has 1 aliphatic heterocycles. The number of aromatic hydroxyl groups is 2. The van der Waals surface area contributed by atoms with Gasteiger partial charge in [0.25, 0.3) is 0 Å². The minimum absolute atomic E-state index is 0.0354. The van der Waals surface area contributed by atoms with Crippen molar-refractivity contribution in [3.05, 3.63) is 151 Å². The third-order valence-electron chi connectivity index (χ3n) is 6.53. The Bertz CT molecular complexity index is 1620. The molecule has 6 rings (SSSR count). The van der Waals surface area contributed by atoms with Gasteiger partial charge < -0.3 is 15.1 Å². The molecule has 0 unspecified atom stereocenters. The first kappa shape index (κ1) is 23.7. The maximum atomic E-state index is 10.6. The van der Waals surface area contributed by atoms with Gasteiger partial charge in [0.15, 0.2) is 0 Å². The van der Waals surface area contributed by atoms with Gasteiger partial charge in [-0.2, -0.15) is 0 Å². The highest BCUT2D eigenvalue weighted by Gasteiger charge is 2.20. The van der Waals surface area contributed by atoms with Gasteiger partial charge >= 0.3 is 0 Å². The van der Waals surface area contributed by atoms with Gasteiger partial charge in [-0.15, -0.1) is 0 Å². The average Bonchev–Trinajstić information content (AvgIpc) is 2.98. The van der Waals surface area contributed by atoms with Gasteiger partial charge in [-0.1, -0.05) is 109 Å². The third kappa shape index (κ3) is 4.95. The van der Waals surface area contributed by atoms with Crippen molar-refractivity contribution in [1.82, 2.24) is 0 Å². The Labute approximate surface area is 226 Å². The number of rotatable bonds is 5. The minimum atomic E-state index is 0.0354. The molecule has 0 saturated carbocycles. The van der Waals surface area contributed by atoms with E-state index < -0.39 is 0 Å². The van der Waals surface area contributed by atoms with Gasteiger partial charge in [0.2, 0.25) is 0 Å². The second-order valence-electron chi connectivity index (χ2n) is 9.05. The molecule has 5 aromatic carbocycles. The lowest BCUT2D eigenvalue weighted by Crippen LogP contribution is -2.11. The molecule has 4 heteroatoms. The first-order valence-electron chi connectivity index (χ1n) is 12.4. The predicted octanol–water partition coefficient (Wildman–Crippen LogP) is 8.98. The zero-order valence-electron chi connectivity index (χ0n) is 20.5. The summed E-state index contributed by atoms with van der Waals surface area (Å²) in [5.74, 6) is 0.0806. The van der Waals surface area contributed by atoms with Crippen LogP contribution >= 0.6 is 11.8 Å². The summed E-state index contributed by atoms with van der Waals surface area (Å²) >= 11 is 1.60. The molecule has 0 radical (unpaired) electrons. The quantitative estimate of drug-likeness (QED) is 0.247. The highest BCUT2D eigenvalue weighted by atomic mass is 32.2. The van der Waals surface area contributed by atoms with E-state index in [0.717, 1.165) is 32.2 Å². The molecule has 0 spiro atoms. The number of anilines is 1. The average molecular weight is 512 g/mol. The molecule has 5 aromatic rings. The molecule has 0 aliphatic carbocycles. The Hall–Kier alpha value is -4.67. The van der Waals surface area contributed by atoms with Crippen molar-refractivity contribution in [2.75, 3.05) is 4.90 Å². The molecule has 0 aromatic heterocycles. The second-order valence-corrected chi connectivity index (χ2v) is 10.1. The van der Waals surface area contributed by atoms with Crippen LogP contribution in [0.1, 0.15) is 11.1 Å². The molecule has 2 N–H and O–H groups in total. The monoisotopic (exact) mass is 511 g/mol. The molecule has 3 nitrogen and oxygen atoms in total. The van der Waals surface area contributed by atoms with E-state index in [1.807, 2.05) is 42.6 Å². The summed E-state index contributed by atoms with van der Waals surface area (Å²) < 4.78 is 0. The number of phenols is 2. The SMILES string of the molecule is Oc1ccc(C2=CN(c3ccc(-c4ccccc4)cc3)C=C(c3ccc(-c4ccccc4)cc3)S2)c(O)c1. The first-order chi connectivity index (χ1) is 18.6. The molecule has 1 heterocycles. The summed E-state index contributed by atoms with van der Waals surface area (Å²) in [7, 11) is 0. The molecule has 0 amide bonds. The van der Waals surface area contributed by atoms with Gasteiger partial charge in [0.1, 0.15) is 11.5 Å². The Morgan fingerprint density at radius 1 is 0.474 bits per heavy atom. The number of phenolic OH excluding ortho intramolecular Hbond substituents is 2. The van der Waals surface area contributed by atoms with E-state index >= 15 is 0 Å². The second kappa shape index (κ2) is 10.4. The van der Waals surface area contributed by atoms with Gasteiger partial charge in [-0.05, 0) is 52.1 Å². The number of thioether (sulfide) groups is 1. The van der Waals surface area contributed by atoms with Crippen molar-refractivity contribution in [3.8, 4) is 33.8 Å². The van der Waals surface area contributed by atoms with Crippen LogP contribution in [0.2, 0.25) is 0 Å². The molecule has 0 saturated heterocycles. The molecule has 0 atom stereocenters. The summed E-state index contributed by atoms with van der Waals surface area (Å²) in [4.78, 5) is 4.04. The first-order valence-corrected chi connectivity index (χ1v) is 13.2. The smallest absolute Gasteiger partial charge is 0.127 e. The van der Waals surface area contributed by atoms with Crippen LogP contribution in [0.25, 0.3) is 32.1 Å². The van der Waals surface area contributed by atoms with Crippen LogP contribution < -0.4 is 4.90 Å². The number of hydrogen-bond donors (Lipinski definition) is 2. The zero-order chi connectivity index (χ0) is 25.9. The standard InChI is InChI=1S/C34H25NO2S/c36-30-19-20-31(32(37)21-30)34-23-35(29-17-15-27(16-18-29)25-9-5-2-6-10-25)22-33(38-34)28-13-11-26(12-14-28)24-7-3-1-4-8-24/h1-23,36-37H. The molecule has 0 fully saturated rings. The Balaban J connectivity index is 1.37. The highest BCUT2D eigenvalue weighted by molar-refractivity contribution is 8.16. The van der Waals surface area contributed by atoms with Crippen LogP contribution in [-0.4, -0.2) is 10.2 Å². The van der Waals surface area contributed by atoms with Crippen molar-refractivity contribution in [3.63, 3.8) is 0 Å². The van der Waals surface area contributed by atoms with E-state index in [1.165, 1.54) is 17.2 Å². The van der Waals surface area contributed by atoms with Crippen molar-refractivity contribution in [2.45, 2.75) is 0 Å². The Morgan fingerprint density at radius 3 is 1.55 bits per heavy atom. The largest absolute Gasteiger partial charge is 0.508 e. The van der Waals surface area contributed by atoms with E-state index in [-0.39, 0.29) is 11.5 Å². The minimum Gasteiger partial charge on any atom is -0.508 e. The normalized spacial score (nSPS) is 13.1. The lowest BCUT2D eigenvalue weighted by Gasteiger charge is -2.26. The predicted molar refractivity (Wildman–Crippen MR) is 160 cm³/mol. The number of hydrogen-bond acceptors (Lipinski definition) is 4. The van der Waals surface area contributed by atoms with Crippen LogP contribution in [0.4, 0.5) is 5.69 Å². The van der Waals surface area contributed by atoms with Crippen LogP contribution in [0.15, 0.2) is 140 Å². The number of nitrogens with zero attached hydrogens (tertiary/aromatic N) is 1. The summed E-state index contributed by atoms with van der Waals surface area (Å²) in [6, 6.07) is 42.4. The molecular weight excluding hydrogens is 486 g/mol. The highest BCUT2D eigenvalue weighted by Crippen LogP contribution is 2.46. The van der Waals surface area contributed by atoms with Crippen molar-refractivity contribution < 1.29 is 10.2 Å². The molecule has 184 valence electrons. The third-order valence-corrected chi connectivity index (χ3v) is 7.63. The Kier molecular flexibility index (Phi) is 6.47. The molecule has 0 bridgehead atoms. The van der Waals surface area contributed by atoms with E-state index in [4.69, 9.17) is 0 Å². The molecule has 38 heavy (non-hydrogen) atoms. The van der Waals surface area contributed by atoms with Crippen molar-refractivity contribution >= 4 is 27.3 Å². The van der Waals surface area contributed by atoms with Crippen molar-refractivity contribution in [2.24, 2.45) is 0 Å². The van der Waals surface area contributed by atoms with Crippen LogP contribution in [0.5, 0.6) is 11.5 Å². The number of benzene rings is 5. The summed E-state index contributed by atoms with van der Waals surface area (Å²) in [5.41, 5.74) is 7.44. The van der Waals surface area contributed by atoms with E-state index in [1.54, 1.807) is 23.9 Å². The summed E-state index contributed by atoms with van der Waals surface area (Å²) in [6.07, 6.45) is 4.15. The van der Waals surface area contributed by atoms with Gasteiger partial charge in [-0.25, -0.2) is 0 Å². The zero-order valence-corrected chi connectivity index (χ0v) is 21.3. The molecule has 1 aliphatic rings. The lowest BCUT2D eigenvalue weighted by molar-refractivity contribution is 0.449. The van der Waals surface area contributed by atoms with Crippen LogP contribution in [0.3, 0.4) is 0 Å². The van der Waals surface area contributed by atoms with Gasteiger partial charge in [-0.3, -0.25) is 0 Å². The summed E-state index contributed by atoms with van der Waals surface area (Å²) in [5, 5.41) is 20.5. The fraction of sp³-hybridized carbons (Fsp3) is 0. The van der Waals surface area contributed by atoms with E-state index in [9.17, 15) is 10.2 Å². The van der Waals surface area contributed by atoms with Crippen LogP contribution in [0, 0.1) is 0 Å². The fourth-order valence-corrected chi connectivity index (χ4v) is 5.62. The van der Waals surface area contributed by atoms with Gasteiger partial charge in [0, 0.05) is 39.5 Å². The summed E-state index contributed by atoms with van der Waals surface area (Å²) in [6.45, 7) is 0. The van der Waals surface area contributed by atoms with E-state index in [2.05, 4.69) is 83.9 Å². The Morgan fingerprint density at radius 2 is 0.974 bits per heavy atom. The molecular formula is C34H25NO2S. The van der Waals surface area contributed by atoms with Crippen molar-refractivity contribution in [1.29, 1.82) is 0 Å². The lowest BCUT2D eigenvalue weighted by atomic mass is 10.0. The maximum absolute atomic E-state index is 10.6. The van der Waals surface area contributed by atoms with Crippen LogP contribution in [-0.2, 0) is 0 Å². The topological polar surface area (TPSA) is 43.7 Å². The maximum Gasteiger partial charge on any atom is 0.127 e.